The van der Waals surface area contributed by atoms with E-state index in [0.29, 0.717) is 0 Å². The molecule has 0 aliphatic rings. The number of nitrogens with zero attached hydrogens (tertiary/aromatic N) is 1. The molecule has 0 spiro atoms. The van der Waals surface area contributed by atoms with Gasteiger partial charge in [0.15, 0.2) is 0 Å². The first-order valence-corrected chi connectivity index (χ1v) is 7.46. The molecule has 110 valence electrons. The minimum atomic E-state index is -3.78. The van der Waals surface area contributed by atoms with Crippen LogP contribution in [0.15, 0.2) is 47.6 Å². The monoisotopic (exact) mass is 306 g/mol. The Bertz CT molecular complexity index is 760. The largest absolute Gasteiger partial charge is 0.398 e. The number of anilines is 1. The van der Waals surface area contributed by atoms with Crippen molar-refractivity contribution in [3.8, 4) is 0 Å². The molecule has 2 rings (SSSR count). The van der Waals surface area contributed by atoms with Crippen molar-refractivity contribution in [1.82, 2.24) is 9.71 Å². The summed E-state index contributed by atoms with van der Waals surface area (Å²) in [7, 11) is -3.78. The molecule has 0 aliphatic carbocycles. The van der Waals surface area contributed by atoms with E-state index in [9.17, 15) is 13.2 Å². The van der Waals surface area contributed by atoms with Crippen LogP contribution in [0.3, 0.4) is 0 Å². The van der Waals surface area contributed by atoms with Crippen LogP contribution in [0.2, 0.25) is 0 Å². The van der Waals surface area contributed by atoms with E-state index in [1.165, 1.54) is 18.2 Å². The van der Waals surface area contributed by atoms with Crippen molar-refractivity contribution in [3.63, 3.8) is 0 Å². The third kappa shape index (κ3) is 3.56. The van der Waals surface area contributed by atoms with Crippen LogP contribution in [-0.4, -0.2) is 19.3 Å². The van der Waals surface area contributed by atoms with Crippen LogP contribution in [0.4, 0.5) is 5.69 Å². The lowest BCUT2D eigenvalue weighted by molar-refractivity contribution is 0.1000. The number of primary amides is 1. The Morgan fingerprint density at radius 2 is 1.86 bits per heavy atom. The van der Waals surface area contributed by atoms with E-state index < -0.39 is 15.9 Å². The Morgan fingerprint density at radius 1 is 1.19 bits per heavy atom. The first-order chi connectivity index (χ1) is 9.90. The topological polar surface area (TPSA) is 128 Å². The zero-order valence-corrected chi connectivity index (χ0v) is 11.8. The molecule has 1 aromatic heterocycles. The van der Waals surface area contributed by atoms with Gasteiger partial charge in [0.2, 0.25) is 15.9 Å². The molecular weight excluding hydrogens is 292 g/mol. The van der Waals surface area contributed by atoms with Crippen molar-refractivity contribution in [2.45, 2.75) is 11.4 Å². The Hall–Kier alpha value is -2.45. The predicted octanol–water partition coefficient (Wildman–Crippen LogP) is 0.241. The second kappa shape index (κ2) is 5.90. The summed E-state index contributed by atoms with van der Waals surface area (Å²) in [5, 5.41) is 0. The van der Waals surface area contributed by atoms with E-state index in [2.05, 4.69) is 9.71 Å². The maximum absolute atomic E-state index is 12.2. The van der Waals surface area contributed by atoms with Crippen molar-refractivity contribution in [3.05, 3.63) is 53.9 Å². The smallest absolute Gasteiger partial charge is 0.248 e. The first kappa shape index (κ1) is 14.9. The average Bonchev–Trinajstić information content (AvgIpc) is 2.46. The van der Waals surface area contributed by atoms with Crippen LogP contribution in [0.1, 0.15) is 15.9 Å². The molecule has 0 atom stereocenters. The van der Waals surface area contributed by atoms with Gasteiger partial charge < -0.3 is 11.5 Å². The van der Waals surface area contributed by atoms with Crippen molar-refractivity contribution in [1.29, 1.82) is 0 Å². The fraction of sp³-hybridized carbons (Fsp3) is 0.0769. The number of hydrogen-bond donors (Lipinski definition) is 3. The molecule has 7 nitrogen and oxygen atoms in total. The Balaban J connectivity index is 2.22. The number of aromatic nitrogens is 1. The molecule has 0 unspecified atom stereocenters. The van der Waals surface area contributed by atoms with Gasteiger partial charge in [0.05, 0.1) is 5.69 Å². The van der Waals surface area contributed by atoms with Gasteiger partial charge in [0, 0.05) is 24.5 Å². The molecule has 2 aromatic rings. The number of sulfonamides is 1. The van der Waals surface area contributed by atoms with Gasteiger partial charge in [-0.3, -0.25) is 9.78 Å². The second-order valence-electron chi connectivity index (χ2n) is 4.30. The zero-order valence-electron chi connectivity index (χ0n) is 11.0. The number of amides is 1. The summed E-state index contributed by atoms with van der Waals surface area (Å²) in [6.07, 6.45) is 3.14. The van der Waals surface area contributed by atoms with Crippen molar-refractivity contribution in [2.24, 2.45) is 5.73 Å². The second-order valence-corrected chi connectivity index (χ2v) is 6.03. The van der Waals surface area contributed by atoms with Gasteiger partial charge in [-0.1, -0.05) is 0 Å². The van der Waals surface area contributed by atoms with Gasteiger partial charge in [0.1, 0.15) is 4.90 Å². The van der Waals surface area contributed by atoms with Crippen LogP contribution in [0, 0.1) is 0 Å². The fourth-order valence-corrected chi connectivity index (χ4v) is 2.83. The van der Waals surface area contributed by atoms with Gasteiger partial charge >= 0.3 is 0 Å². The number of carbonyl (C=O) groups excluding carboxylic acids is 1. The Morgan fingerprint density at radius 3 is 2.43 bits per heavy atom. The minimum absolute atomic E-state index is 0.0338. The molecule has 1 aromatic carbocycles. The number of benzene rings is 1. The van der Waals surface area contributed by atoms with E-state index in [1.54, 1.807) is 24.5 Å². The Kier molecular flexibility index (Phi) is 4.20. The summed E-state index contributed by atoms with van der Waals surface area (Å²) in [5.41, 5.74) is 11.7. The summed E-state index contributed by atoms with van der Waals surface area (Å²) in [6, 6.07) is 7.21. The van der Waals surface area contributed by atoms with Gasteiger partial charge in [-0.2, -0.15) is 0 Å². The number of nitrogens with two attached hydrogens (primary N) is 2. The molecule has 8 heteroatoms. The lowest BCUT2D eigenvalue weighted by Gasteiger charge is -2.10. The van der Waals surface area contributed by atoms with E-state index >= 15 is 0 Å². The highest BCUT2D eigenvalue weighted by Crippen LogP contribution is 2.19. The fourth-order valence-electron chi connectivity index (χ4n) is 1.70. The molecule has 0 saturated carbocycles. The van der Waals surface area contributed by atoms with Gasteiger partial charge in [-0.25, -0.2) is 13.1 Å². The lowest BCUT2D eigenvalue weighted by atomic mass is 10.2. The molecule has 1 amide bonds. The third-order valence-corrected chi connectivity index (χ3v) is 4.27. The number of nitrogen functional groups attached to an aromatic ring is 1. The summed E-state index contributed by atoms with van der Waals surface area (Å²) >= 11 is 0. The number of hydrogen-bond acceptors (Lipinski definition) is 5. The summed E-state index contributed by atoms with van der Waals surface area (Å²) in [5.74, 6) is -0.671. The molecule has 0 aliphatic heterocycles. The van der Waals surface area contributed by atoms with Gasteiger partial charge in [-0.05, 0) is 35.9 Å². The molecule has 1 heterocycles. The highest BCUT2D eigenvalue weighted by molar-refractivity contribution is 7.89. The third-order valence-electron chi connectivity index (χ3n) is 2.80. The molecule has 0 saturated heterocycles. The van der Waals surface area contributed by atoms with Gasteiger partial charge in [-0.15, -0.1) is 0 Å². The highest BCUT2D eigenvalue weighted by atomic mass is 32.2. The van der Waals surface area contributed by atoms with Crippen LogP contribution in [-0.2, 0) is 16.6 Å². The van der Waals surface area contributed by atoms with Crippen molar-refractivity contribution >= 4 is 21.6 Å². The van der Waals surface area contributed by atoms with Crippen molar-refractivity contribution < 1.29 is 13.2 Å². The summed E-state index contributed by atoms with van der Waals surface area (Å²) in [6.45, 7) is 0.113. The summed E-state index contributed by atoms with van der Waals surface area (Å²) < 4.78 is 26.8. The van der Waals surface area contributed by atoms with Crippen LogP contribution in [0.25, 0.3) is 0 Å². The maximum atomic E-state index is 12.2. The molecular formula is C13H14N4O3S. The van der Waals surface area contributed by atoms with E-state index in [4.69, 9.17) is 11.5 Å². The Labute approximate surface area is 122 Å². The number of carbonyl (C=O) groups is 1. The maximum Gasteiger partial charge on any atom is 0.248 e. The van der Waals surface area contributed by atoms with Crippen LogP contribution >= 0.6 is 0 Å². The number of nitrogens with one attached hydrogen (secondary N) is 1. The first-order valence-electron chi connectivity index (χ1n) is 5.98. The minimum Gasteiger partial charge on any atom is -0.398 e. The van der Waals surface area contributed by atoms with Crippen LogP contribution in [0.5, 0.6) is 0 Å². The SMILES string of the molecule is NC(=O)c1ccc(S(=O)(=O)NCc2ccncc2)c(N)c1. The molecule has 0 bridgehead atoms. The quantitative estimate of drug-likeness (QED) is 0.682. The lowest BCUT2D eigenvalue weighted by Crippen LogP contribution is -2.24. The molecule has 21 heavy (non-hydrogen) atoms. The summed E-state index contributed by atoms with van der Waals surface area (Å²) in [4.78, 5) is 14.8. The van der Waals surface area contributed by atoms with E-state index in [-0.39, 0.29) is 22.7 Å². The molecule has 0 fully saturated rings. The normalized spacial score (nSPS) is 11.2. The molecule has 0 radical (unpaired) electrons. The average molecular weight is 306 g/mol. The number of pyridine rings is 1. The number of rotatable bonds is 5. The van der Waals surface area contributed by atoms with Gasteiger partial charge in [0.25, 0.3) is 0 Å². The highest BCUT2D eigenvalue weighted by Gasteiger charge is 2.18. The van der Waals surface area contributed by atoms with Crippen molar-refractivity contribution in [2.75, 3.05) is 5.73 Å². The standard InChI is InChI=1S/C13H14N4O3S/c14-11-7-10(13(15)18)1-2-12(11)21(19,20)17-8-9-3-5-16-6-4-9/h1-7,17H,8,14H2,(H2,15,18). The zero-order chi connectivity index (χ0) is 15.5. The predicted molar refractivity (Wildman–Crippen MR) is 77.6 cm³/mol. The molecule has 5 N–H and O–H groups in total. The van der Waals surface area contributed by atoms with E-state index in [0.717, 1.165) is 5.56 Å². The van der Waals surface area contributed by atoms with Crippen LogP contribution < -0.4 is 16.2 Å². The van der Waals surface area contributed by atoms with E-state index in [1.807, 2.05) is 0 Å².